The van der Waals surface area contributed by atoms with Gasteiger partial charge < -0.3 is 18.8 Å². The van der Waals surface area contributed by atoms with Crippen LogP contribution in [0.2, 0.25) is 0 Å². The van der Waals surface area contributed by atoms with Gasteiger partial charge >= 0.3 is 0 Å². The van der Waals surface area contributed by atoms with E-state index >= 15 is 0 Å². The van der Waals surface area contributed by atoms with E-state index in [1.165, 1.54) is 12.5 Å². The average Bonchev–Trinajstić information content (AvgIpc) is 3.05. The third-order valence-corrected chi connectivity index (χ3v) is 3.81. The number of hydrogen-bond donors (Lipinski definition) is 0. The van der Waals surface area contributed by atoms with Crippen molar-refractivity contribution in [2.45, 2.75) is 31.1 Å². The number of amides is 1. The number of hydrogen-bond acceptors (Lipinski definition) is 4. The molecule has 0 N–H and O–H groups in total. The first-order valence-corrected chi connectivity index (χ1v) is 6.29. The lowest BCUT2D eigenvalue weighted by atomic mass is 10.0. The van der Waals surface area contributed by atoms with Crippen LogP contribution in [0.15, 0.2) is 23.0 Å². The molecule has 1 aromatic heterocycles. The number of ether oxygens (including phenoxy) is 2. The van der Waals surface area contributed by atoms with Crippen LogP contribution in [0.5, 0.6) is 0 Å². The molecule has 2 fully saturated rings. The van der Waals surface area contributed by atoms with Gasteiger partial charge in [0.25, 0.3) is 5.91 Å². The van der Waals surface area contributed by atoms with Gasteiger partial charge in [-0.1, -0.05) is 0 Å². The summed E-state index contributed by atoms with van der Waals surface area (Å²) in [5, 5.41) is 0. The molecule has 3 atom stereocenters. The van der Waals surface area contributed by atoms with E-state index in [4.69, 9.17) is 13.9 Å². The minimum Gasteiger partial charge on any atom is -0.472 e. The smallest absolute Gasteiger partial charge is 0.257 e. The summed E-state index contributed by atoms with van der Waals surface area (Å²) in [5.74, 6) is 0.00352. The van der Waals surface area contributed by atoms with Gasteiger partial charge in [-0.05, 0) is 18.9 Å². The lowest BCUT2D eigenvalue weighted by molar-refractivity contribution is -0.0639. The monoisotopic (exact) mass is 251 g/mol. The number of carbonyl (C=O) groups is 1. The average molecular weight is 251 g/mol. The van der Waals surface area contributed by atoms with E-state index in [-0.39, 0.29) is 24.2 Å². The lowest BCUT2D eigenvalue weighted by Crippen LogP contribution is -2.43. The molecule has 1 amide bonds. The summed E-state index contributed by atoms with van der Waals surface area (Å²) >= 11 is 0. The first-order valence-electron chi connectivity index (χ1n) is 6.29. The molecule has 5 nitrogen and oxygen atoms in total. The second kappa shape index (κ2) is 4.74. The second-order valence-corrected chi connectivity index (χ2v) is 4.79. The summed E-state index contributed by atoms with van der Waals surface area (Å²) < 4.78 is 16.2. The largest absolute Gasteiger partial charge is 0.472 e. The van der Waals surface area contributed by atoms with E-state index in [0.29, 0.717) is 12.1 Å². The first-order chi connectivity index (χ1) is 8.81. The van der Waals surface area contributed by atoms with E-state index in [1.807, 2.05) is 4.90 Å². The molecular weight excluding hydrogens is 234 g/mol. The SMILES string of the molecule is CO[C@@H]1CN(C(=O)c2ccoc2)[C@H]2CCCO[C@@H]12. The van der Waals surface area contributed by atoms with Gasteiger partial charge in [-0.2, -0.15) is 0 Å². The molecule has 0 saturated carbocycles. The maximum Gasteiger partial charge on any atom is 0.257 e. The molecule has 3 rings (SSSR count). The van der Waals surface area contributed by atoms with Crippen molar-refractivity contribution in [1.82, 2.24) is 4.90 Å². The Hall–Kier alpha value is -1.33. The number of nitrogens with zero attached hydrogens (tertiary/aromatic N) is 1. The van der Waals surface area contributed by atoms with Gasteiger partial charge in [0.2, 0.25) is 0 Å². The topological polar surface area (TPSA) is 51.9 Å². The molecule has 0 unspecified atom stereocenters. The lowest BCUT2D eigenvalue weighted by Gasteiger charge is -2.31. The van der Waals surface area contributed by atoms with Crippen LogP contribution in [0.1, 0.15) is 23.2 Å². The third-order valence-electron chi connectivity index (χ3n) is 3.81. The predicted octanol–water partition coefficient (Wildman–Crippen LogP) is 1.30. The number of rotatable bonds is 2. The highest BCUT2D eigenvalue weighted by molar-refractivity contribution is 5.94. The highest BCUT2D eigenvalue weighted by Gasteiger charge is 2.46. The summed E-state index contributed by atoms with van der Waals surface area (Å²) in [7, 11) is 1.67. The molecule has 0 aromatic carbocycles. The van der Waals surface area contributed by atoms with Crippen molar-refractivity contribution in [1.29, 1.82) is 0 Å². The molecule has 0 spiro atoms. The van der Waals surface area contributed by atoms with Crippen LogP contribution in [0.4, 0.5) is 0 Å². The van der Waals surface area contributed by atoms with Crippen LogP contribution in [0.3, 0.4) is 0 Å². The predicted molar refractivity (Wildman–Crippen MR) is 63.3 cm³/mol. The fraction of sp³-hybridized carbons (Fsp3) is 0.615. The maximum absolute atomic E-state index is 12.4. The summed E-state index contributed by atoms with van der Waals surface area (Å²) in [4.78, 5) is 14.2. The second-order valence-electron chi connectivity index (χ2n) is 4.79. The van der Waals surface area contributed by atoms with Gasteiger partial charge in [0.1, 0.15) is 18.5 Å². The third kappa shape index (κ3) is 1.83. The Balaban J connectivity index is 1.82. The summed E-state index contributed by atoms with van der Waals surface area (Å²) in [5.41, 5.74) is 0.594. The van der Waals surface area contributed by atoms with E-state index < -0.39 is 0 Å². The molecule has 5 heteroatoms. The van der Waals surface area contributed by atoms with Crippen LogP contribution >= 0.6 is 0 Å². The number of methoxy groups -OCH3 is 1. The van der Waals surface area contributed by atoms with Gasteiger partial charge in [0.05, 0.1) is 24.4 Å². The number of carbonyl (C=O) groups excluding carboxylic acids is 1. The van der Waals surface area contributed by atoms with Gasteiger partial charge in [-0.15, -0.1) is 0 Å². The Morgan fingerprint density at radius 2 is 2.44 bits per heavy atom. The van der Waals surface area contributed by atoms with Crippen LogP contribution in [0, 0.1) is 0 Å². The molecular formula is C13H17NO4. The van der Waals surface area contributed by atoms with Gasteiger partial charge in [-0.3, -0.25) is 4.79 Å². The summed E-state index contributed by atoms with van der Waals surface area (Å²) in [6.07, 6.45) is 4.97. The molecule has 3 heterocycles. The van der Waals surface area contributed by atoms with Crippen molar-refractivity contribution in [2.75, 3.05) is 20.3 Å². The van der Waals surface area contributed by atoms with Crippen molar-refractivity contribution in [2.24, 2.45) is 0 Å². The molecule has 2 saturated heterocycles. The van der Waals surface area contributed by atoms with Crippen molar-refractivity contribution < 1.29 is 18.7 Å². The van der Waals surface area contributed by atoms with Crippen molar-refractivity contribution >= 4 is 5.91 Å². The van der Waals surface area contributed by atoms with Crippen LogP contribution in [-0.4, -0.2) is 49.3 Å². The van der Waals surface area contributed by atoms with E-state index in [9.17, 15) is 4.79 Å². The Morgan fingerprint density at radius 3 is 3.17 bits per heavy atom. The normalized spacial score (nSPS) is 31.4. The zero-order valence-corrected chi connectivity index (χ0v) is 10.4. The molecule has 1 aromatic rings. The summed E-state index contributed by atoms with van der Waals surface area (Å²) in [6.45, 7) is 1.35. The minimum absolute atomic E-state index is 0.00352. The standard InChI is InChI=1S/C13H17NO4/c1-16-11-7-14(10-3-2-5-18-12(10)11)13(15)9-4-6-17-8-9/h4,6,8,10-12H,2-3,5,7H2,1H3/t10-,11+,12+/m0/s1. The van der Waals surface area contributed by atoms with Crippen molar-refractivity contribution in [3.63, 3.8) is 0 Å². The molecule has 0 bridgehead atoms. The van der Waals surface area contributed by atoms with E-state index in [1.54, 1.807) is 13.2 Å². The first kappa shape index (κ1) is 11.7. The van der Waals surface area contributed by atoms with Crippen molar-refractivity contribution in [3.05, 3.63) is 24.2 Å². The minimum atomic E-state index is -0.0221. The molecule has 0 radical (unpaired) electrons. The van der Waals surface area contributed by atoms with E-state index in [0.717, 1.165) is 19.4 Å². The molecule has 2 aliphatic rings. The fourth-order valence-electron chi connectivity index (χ4n) is 2.90. The zero-order valence-electron chi connectivity index (χ0n) is 10.4. The number of furan rings is 1. The Bertz CT molecular complexity index is 417. The Morgan fingerprint density at radius 1 is 1.56 bits per heavy atom. The van der Waals surface area contributed by atoms with Crippen LogP contribution in [0.25, 0.3) is 0 Å². The number of likely N-dealkylation sites (tertiary alicyclic amines) is 1. The molecule has 2 aliphatic heterocycles. The van der Waals surface area contributed by atoms with E-state index in [2.05, 4.69) is 0 Å². The van der Waals surface area contributed by atoms with Gasteiger partial charge in [0, 0.05) is 13.7 Å². The molecule has 98 valence electrons. The highest BCUT2D eigenvalue weighted by atomic mass is 16.5. The molecule has 0 aliphatic carbocycles. The number of fused-ring (bicyclic) bond motifs is 1. The summed E-state index contributed by atoms with van der Waals surface area (Å²) in [6, 6.07) is 1.83. The zero-order chi connectivity index (χ0) is 12.5. The van der Waals surface area contributed by atoms with Gasteiger partial charge in [0.15, 0.2) is 0 Å². The molecule has 18 heavy (non-hydrogen) atoms. The fourth-order valence-corrected chi connectivity index (χ4v) is 2.90. The quantitative estimate of drug-likeness (QED) is 0.795. The van der Waals surface area contributed by atoms with Crippen LogP contribution < -0.4 is 0 Å². The Labute approximate surface area is 106 Å². The van der Waals surface area contributed by atoms with Crippen molar-refractivity contribution in [3.8, 4) is 0 Å². The maximum atomic E-state index is 12.4. The van der Waals surface area contributed by atoms with Crippen LogP contribution in [-0.2, 0) is 9.47 Å². The highest BCUT2D eigenvalue weighted by Crippen LogP contribution is 2.31. The Kier molecular flexibility index (Phi) is 3.09. The van der Waals surface area contributed by atoms with Gasteiger partial charge in [-0.25, -0.2) is 0 Å².